The lowest BCUT2D eigenvalue weighted by Gasteiger charge is -2.25. The Balaban J connectivity index is 3.37. The van der Waals surface area contributed by atoms with Crippen LogP contribution in [-0.4, -0.2) is 11.5 Å². The van der Waals surface area contributed by atoms with Crippen molar-refractivity contribution < 1.29 is 18.3 Å². The van der Waals surface area contributed by atoms with E-state index >= 15 is 0 Å². The number of phenolic OH excluding ortho intramolecular Hbond substituents is 1. The molecule has 0 saturated carbocycles. The summed E-state index contributed by atoms with van der Waals surface area (Å²) in [4.78, 5) is 0. The van der Waals surface area contributed by atoms with Gasteiger partial charge < -0.3 is 10.8 Å². The highest BCUT2D eigenvalue weighted by Gasteiger charge is 2.35. The van der Waals surface area contributed by atoms with E-state index in [1.807, 2.05) is 0 Å². The molecule has 0 spiro atoms. The summed E-state index contributed by atoms with van der Waals surface area (Å²) >= 11 is 2.94. The molecule has 0 radical (unpaired) electrons. The van der Waals surface area contributed by atoms with E-state index in [2.05, 4.69) is 15.9 Å². The van der Waals surface area contributed by atoms with Crippen LogP contribution < -0.4 is 5.73 Å². The normalized spacial score (nSPS) is 15.4. The molecule has 0 saturated heterocycles. The van der Waals surface area contributed by atoms with Crippen molar-refractivity contribution in [2.75, 3.05) is 0 Å². The molecular formula is C9H9BrF3NO. The fraction of sp³-hybridized carbons (Fsp3) is 0.333. The van der Waals surface area contributed by atoms with Crippen LogP contribution in [0.4, 0.5) is 13.2 Å². The Morgan fingerprint density at radius 2 is 2.00 bits per heavy atom. The van der Waals surface area contributed by atoms with Crippen molar-refractivity contribution in [1.29, 1.82) is 0 Å². The first-order valence-electron chi connectivity index (χ1n) is 4.02. The summed E-state index contributed by atoms with van der Waals surface area (Å²) in [7, 11) is 0. The molecule has 6 heteroatoms. The number of alkyl halides is 2. The summed E-state index contributed by atoms with van der Waals surface area (Å²) in [5, 5.41) is 9.30. The van der Waals surface area contributed by atoms with Crippen LogP contribution in [0.5, 0.6) is 5.75 Å². The van der Waals surface area contributed by atoms with Gasteiger partial charge in [-0.3, -0.25) is 0 Å². The number of halogens is 4. The van der Waals surface area contributed by atoms with Gasteiger partial charge in [0, 0.05) is 10.0 Å². The molecule has 0 aliphatic heterocycles. The molecule has 3 N–H and O–H groups in total. The summed E-state index contributed by atoms with van der Waals surface area (Å²) in [6, 6.07) is 2.14. The van der Waals surface area contributed by atoms with Gasteiger partial charge in [-0.2, -0.15) is 0 Å². The van der Waals surface area contributed by atoms with Gasteiger partial charge in [-0.15, -0.1) is 0 Å². The summed E-state index contributed by atoms with van der Waals surface area (Å²) in [5.41, 5.74) is 2.90. The molecule has 0 bridgehead atoms. The van der Waals surface area contributed by atoms with Crippen LogP contribution in [0.1, 0.15) is 12.5 Å². The molecule has 0 fully saturated rings. The minimum atomic E-state index is -2.91. The molecule has 0 aliphatic carbocycles. The molecule has 0 heterocycles. The van der Waals surface area contributed by atoms with E-state index in [9.17, 15) is 18.3 Å². The highest BCUT2D eigenvalue weighted by Crippen LogP contribution is 2.35. The molecule has 1 atom stereocenters. The highest BCUT2D eigenvalue weighted by molar-refractivity contribution is 9.10. The Bertz CT molecular complexity index is 382. The van der Waals surface area contributed by atoms with E-state index in [0.29, 0.717) is 0 Å². The fourth-order valence-electron chi connectivity index (χ4n) is 1.09. The smallest absolute Gasteiger partial charge is 0.260 e. The van der Waals surface area contributed by atoms with Gasteiger partial charge in [-0.25, -0.2) is 13.2 Å². The van der Waals surface area contributed by atoms with E-state index in [1.165, 1.54) is 6.07 Å². The van der Waals surface area contributed by atoms with Gasteiger partial charge in [-0.1, -0.05) is 15.9 Å². The predicted octanol–water partition coefficient (Wildman–Crippen LogP) is 2.73. The zero-order valence-corrected chi connectivity index (χ0v) is 9.35. The Morgan fingerprint density at radius 3 is 2.47 bits per heavy atom. The first-order valence-corrected chi connectivity index (χ1v) is 4.81. The molecule has 0 amide bonds. The quantitative estimate of drug-likeness (QED) is 0.877. The first kappa shape index (κ1) is 12.3. The van der Waals surface area contributed by atoms with Gasteiger partial charge in [0.25, 0.3) is 6.43 Å². The van der Waals surface area contributed by atoms with Gasteiger partial charge in [0.05, 0.1) is 0 Å². The lowest BCUT2D eigenvalue weighted by molar-refractivity contribution is 0.0607. The number of phenols is 1. The monoisotopic (exact) mass is 283 g/mol. The minimum Gasteiger partial charge on any atom is -0.505 e. The zero-order chi connectivity index (χ0) is 11.8. The van der Waals surface area contributed by atoms with Gasteiger partial charge >= 0.3 is 0 Å². The van der Waals surface area contributed by atoms with Crippen LogP contribution in [0.25, 0.3) is 0 Å². The number of rotatable bonds is 2. The fourth-order valence-corrected chi connectivity index (χ4v) is 1.52. The van der Waals surface area contributed by atoms with Crippen molar-refractivity contribution >= 4 is 15.9 Å². The standard InChI is InChI=1S/C9H9BrF3NO/c1-9(14,8(12)13)5-2-4(10)3-6(11)7(5)15/h2-3,8,15H,14H2,1H3. The van der Waals surface area contributed by atoms with Crippen LogP contribution in [0.2, 0.25) is 0 Å². The maximum absolute atomic E-state index is 13.1. The number of hydrogen-bond acceptors (Lipinski definition) is 2. The maximum atomic E-state index is 13.1. The van der Waals surface area contributed by atoms with Gasteiger partial charge in [0.2, 0.25) is 0 Å². The molecule has 1 unspecified atom stereocenters. The average Bonchev–Trinajstić information content (AvgIpc) is 2.10. The van der Waals surface area contributed by atoms with E-state index < -0.39 is 23.5 Å². The summed E-state index contributed by atoms with van der Waals surface area (Å²) in [6.07, 6.45) is -2.91. The molecule has 15 heavy (non-hydrogen) atoms. The average molecular weight is 284 g/mol. The van der Waals surface area contributed by atoms with E-state index in [0.717, 1.165) is 13.0 Å². The third-order valence-corrected chi connectivity index (χ3v) is 2.52. The lowest BCUT2D eigenvalue weighted by Crippen LogP contribution is -2.40. The van der Waals surface area contributed by atoms with Gasteiger partial charge in [-0.05, 0) is 19.1 Å². The minimum absolute atomic E-state index is 0.241. The Morgan fingerprint density at radius 1 is 1.47 bits per heavy atom. The van der Waals surface area contributed by atoms with Crippen molar-refractivity contribution in [1.82, 2.24) is 0 Å². The van der Waals surface area contributed by atoms with Crippen LogP contribution in [0, 0.1) is 5.82 Å². The van der Waals surface area contributed by atoms with Crippen molar-refractivity contribution in [3.05, 3.63) is 28.0 Å². The topological polar surface area (TPSA) is 46.2 Å². The molecule has 1 rings (SSSR count). The third-order valence-electron chi connectivity index (χ3n) is 2.06. The summed E-state index contributed by atoms with van der Waals surface area (Å²) in [6.45, 7) is 1.03. The second-order valence-electron chi connectivity index (χ2n) is 3.37. The molecule has 1 aromatic rings. The first-order chi connectivity index (χ1) is 6.76. The largest absolute Gasteiger partial charge is 0.505 e. The van der Waals surface area contributed by atoms with Crippen LogP contribution in [-0.2, 0) is 5.54 Å². The Labute approximate surface area is 93.0 Å². The Kier molecular flexibility index (Phi) is 3.30. The third kappa shape index (κ3) is 2.26. The number of benzene rings is 1. The Hall–Kier alpha value is -0.750. The second kappa shape index (κ2) is 4.02. The molecule has 84 valence electrons. The molecular weight excluding hydrogens is 275 g/mol. The summed E-state index contributed by atoms with van der Waals surface area (Å²) < 4.78 is 38.4. The second-order valence-corrected chi connectivity index (χ2v) is 4.28. The van der Waals surface area contributed by atoms with Gasteiger partial charge in [0.1, 0.15) is 5.54 Å². The molecule has 2 nitrogen and oxygen atoms in total. The number of hydrogen-bond donors (Lipinski definition) is 2. The van der Waals surface area contributed by atoms with Crippen LogP contribution in [0.3, 0.4) is 0 Å². The molecule has 0 aromatic heterocycles. The van der Waals surface area contributed by atoms with E-state index in [1.54, 1.807) is 0 Å². The van der Waals surface area contributed by atoms with Crippen LogP contribution in [0.15, 0.2) is 16.6 Å². The van der Waals surface area contributed by atoms with E-state index in [4.69, 9.17) is 5.73 Å². The number of nitrogens with two attached hydrogens (primary N) is 1. The SMILES string of the molecule is CC(N)(c1cc(Br)cc(F)c1O)C(F)F. The molecule has 1 aromatic carbocycles. The maximum Gasteiger partial charge on any atom is 0.260 e. The predicted molar refractivity (Wildman–Crippen MR) is 53.3 cm³/mol. The number of aromatic hydroxyl groups is 1. The van der Waals surface area contributed by atoms with Gasteiger partial charge in [0.15, 0.2) is 11.6 Å². The van der Waals surface area contributed by atoms with Crippen molar-refractivity contribution in [2.24, 2.45) is 5.73 Å². The van der Waals surface area contributed by atoms with Crippen molar-refractivity contribution in [2.45, 2.75) is 18.9 Å². The summed E-state index contributed by atoms with van der Waals surface area (Å²) in [5.74, 6) is -1.83. The molecule has 0 aliphatic rings. The lowest BCUT2D eigenvalue weighted by atomic mass is 9.93. The van der Waals surface area contributed by atoms with Crippen LogP contribution >= 0.6 is 15.9 Å². The van der Waals surface area contributed by atoms with Crippen molar-refractivity contribution in [3.8, 4) is 5.75 Å². The highest BCUT2D eigenvalue weighted by atomic mass is 79.9. The van der Waals surface area contributed by atoms with E-state index in [-0.39, 0.29) is 10.0 Å². The van der Waals surface area contributed by atoms with Crippen molar-refractivity contribution in [3.63, 3.8) is 0 Å². The zero-order valence-electron chi connectivity index (χ0n) is 7.77.